The predicted molar refractivity (Wildman–Crippen MR) is 148 cm³/mol. The Morgan fingerprint density at radius 2 is 0.839 bits per heavy atom. The van der Waals surface area contributed by atoms with Crippen LogP contribution in [0.15, 0.2) is 72.8 Å². The number of fused-ring (bicyclic) bond motifs is 2. The monoisotopic (exact) mass is 460 g/mol. The second kappa shape index (κ2) is 8.95. The highest BCUT2D eigenvalue weighted by molar-refractivity contribution is 8.37. The van der Waals surface area contributed by atoms with Gasteiger partial charge in [-0.25, -0.2) is 0 Å². The molecule has 0 radical (unpaired) electrons. The summed E-state index contributed by atoms with van der Waals surface area (Å²) in [5.74, 6) is 0. The molecule has 0 N–H and O–H groups in total. The minimum Gasteiger partial charge on any atom is -0.363 e. The van der Waals surface area contributed by atoms with Crippen molar-refractivity contribution in [3.63, 3.8) is 0 Å². The van der Waals surface area contributed by atoms with Crippen LogP contribution < -0.4 is 0 Å². The SMILES string of the molecule is CN(C)C(=S)SC(=S)N(C)C.c1cc2cccc3c4cccc5cccc(c(c1)c23)c54. The fourth-order valence-corrected chi connectivity index (χ4v) is 4.98. The van der Waals surface area contributed by atoms with Crippen molar-refractivity contribution in [3.8, 4) is 0 Å². The molecule has 0 aliphatic carbocycles. The lowest BCUT2D eigenvalue weighted by Crippen LogP contribution is -2.23. The van der Waals surface area contributed by atoms with E-state index in [2.05, 4.69) is 72.8 Å². The molecule has 5 rings (SSSR count). The van der Waals surface area contributed by atoms with Gasteiger partial charge in [-0.1, -0.05) is 97.2 Å². The van der Waals surface area contributed by atoms with E-state index in [0.717, 1.165) is 8.64 Å². The Hall–Kier alpha value is -2.47. The van der Waals surface area contributed by atoms with Crippen LogP contribution in [0.2, 0.25) is 0 Å². The Balaban J connectivity index is 0.000000182. The van der Waals surface area contributed by atoms with E-state index in [0.29, 0.717) is 0 Å². The number of hydrogen-bond acceptors (Lipinski definition) is 3. The molecule has 5 aromatic rings. The maximum atomic E-state index is 5.05. The number of benzene rings is 5. The number of rotatable bonds is 0. The molecule has 0 aliphatic heterocycles. The molecule has 0 bridgehead atoms. The maximum absolute atomic E-state index is 5.05. The summed E-state index contributed by atoms with van der Waals surface area (Å²) in [6, 6.07) is 26.4. The lowest BCUT2D eigenvalue weighted by atomic mass is 9.90. The van der Waals surface area contributed by atoms with Gasteiger partial charge in [0.15, 0.2) is 0 Å². The van der Waals surface area contributed by atoms with Gasteiger partial charge >= 0.3 is 0 Å². The van der Waals surface area contributed by atoms with Crippen molar-refractivity contribution >= 4 is 87.9 Å². The van der Waals surface area contributed by atoms with Crippen LogP contribution in [0.1, 0.15) is 0 Å². The van der Waals surface area contributed by atoms with Crippen LogP contribution in [0.4, 0.5) is 0 Å². The van der Waals surface area contributed by atoms with E-state index in [1.54, 1.807) is 0 Å². The van der Waals surface area contributed by atoms with Crippen molar-refractivity contribution < 1.29 is 0 Å². The minimum atomic E-state index is 0.795. The van der Waals surface area contributed by atoms with Gasteiger partial charge in [-0.15, -0.1) is 0 Å². The molecule has 0 saturated carbocycles. The highest BCUT2D eigenvalue weighted by atomic mass is 32.2. The zero-order valence-electron chi connectivity index (χ0n) is 18.0. The highest BCUT2D eigenvalue weighted by Crippen LogP contribution is 2.39. The third kappa shape index (κ3) is 4.18. The molecule has 2 nitrogen and oxygen atoms in total. The predicted octanol–water partition coefficient (Wildman–Crippen LogP) is 7.15. The van der Waals surface area contributed by atoms with Gasteiger partial charge < -0.3 is 9.80 Å². The van der Waals surface area contributed by atoms with Crippen molar-refractivity contribution in [2.45, 2.75) is 0 Å². The first kappa shape index (κ1) is 21.8. The quantitative estimate of drug-likeness (QED) is 0.137. The Labute approximate surface area is 198 Å². The second-order valence-corrected chi connectivity index (χ2v) is 10.1. The molecule has 0 aliphatic rings. The Morgan fingerprint density at radius 1 is 0.548 bits per heavy atom. The molecule has 0 saturated heterocycles. The Morgan fingerprint density at radius 3 is 1.10 bits per heavy atom. The van der Waals surface area contributed by atoms with Gasteiger partial charge in [-0.2, -0.15) is 0 Å². The topological polar surface area (TPSA) is 6.48 Å². The van der Waals surface area contributed by atoms with Gasteiger partial charge in [0, 0.05) is 28.2 Å². The van der Waals surface area contributed by atoms with Crippen molar-refractivity contribution in [3.05, 3.63) is 72.8 Å². The van der Waals surface area contributed by atoms with Gasteiger partial charge in [-0.05, 0) is 54.9 Å². The van der Waals surface area contributed by atoms with Crippen molar-refractivity contribution in [1.82, 2.24) is 9.80 Å². The smallest absolute Gasteiger partial charge is 0.142 e. The fourth-order valence-electron chi connectivity index (χ4n) is 3.84. The number of thioether (sulfide) groups is 1. The van der Waals surface area contributed by atoms with E-state index in [1.807, 2.05) is 38.0 Å². The average Bonchev–Trinajstić information content (AvgIpc) is 2.77. The molecular weight excluding hydrogens is 437 g/mol. The molecular formula is C26H24N2S3. The van der Waals surface area contributed by atoms with Crippen LogP contribution in [0.3, 0.4) is 0 Å². The van der Waals surface area contributed by atoms with Crippen LogP contribution in [0.25, 0.3) is 43.1 Å². The molecule has 0 aromatic heterocycles. The lowest BCUT2D eigenvalue weighted by Gasteiger charge is -2.16. The molecule has 0 spiro atoms. The Bertz CT molecular complexity index is 1220. The molecule has 0 amide bonds. The van der Waals surface area contributed by atoms with E-state index in [1.165, 1.54) is 54.9 Å². The van der Waals surface area contributed by atoms with E-state index >= 15 is 0 Å². The Kier molecular flexibility index (Phi) is 6.28. The third-order valence-electron chi connectivity index (χ3n) is 5.29. The van der Waals surface area contributed by atoms with Crippen LogP contribution in [-0.4, -0.2) is 46.6 Å². The van der Waals surface area contributed by atoms with Gasteiger partial charge in [0.05, 0.1) is 0 Å². The van der Waals surface area contributed by atoms with Crippen LogP contribution in [0, 0.1) is 0 Å². The molecule has 156 valence electrons. The largest absolute Gasteiger partial charge is 0.363 e. The third-order valence-corrected chi connectivity index (χ3v) is 7.60. The van der Waals surface area contributed by atoms with Crippen LogP contribution in [0.5, 0.6) is 0 Å². The molecule has 5 heteroatoms. The van der Waals surface area contributed by atoms with Crippen LogP contribution >= 0.6 is 36.2 Å². The summed E-state index contributed by atoms with van der Waals surface area (Å²) < 4.78 is 1.59. The van der Waals surface area contributed by atoms with E-state index < -0.39 is 0 Å². The molecule has 0 atom stereocenters. The first-order valence-corrected chi connectivity index (χ1v) is 11.7. The molecule has 0 unspecified atom stereocenters. The summed E-state index contributed by atoms with van der Waals surface area (Å²) in [7, 11) is 7.64. The first-order valence-electron chi connectivity index (χ1n) is 10.0. The van der Waals surface area contributed by atoms with Crippen molar-refractivity contribution in [1.29, 1.82) is 0 Å². The zero-order valence-corrected chi connectivity index (χ0v) is 20.5. The molecule has 31 heavy (non-hydrogen) atoms. The van der Waals surface area contributed by atoms with Crippen LogP contribution in [-0.2, 0) is 0 Å². The van der Waals surface area contributed by atoms with Gasteiger partial charge in [0.2, 0.25) is 0 Å². The summed E-state index contributed by atoms with van der Waals surface area (Å²) in [5.41, 5.74) is 0. The number of hydrogen-bond donors (Lipinski definition) is 0. The second-order valence-electron chi connectivity index (χ2n) is 7.84. The van der Waals surface area contributed by atoms with Crippen molar-refractivity contribution in [2.75, 3.05) is 28.2 Å². The standard InChI is InChI=1S/C20H12.C6H12N2S3/c1-5-13-6-2-11-17-18-12-4-8-14-7-3-10-16(20(14)18)15(9-1)19(13)17;1-7(2)5(9)11-6(10)8(3)4/h1-12H;1-4H3. The number of thiocarbonyl (C=S) groups is 2. The molecule has 0 heterocycles. The number of nitrogens with zero attached hydrogens (tertiary/aromatic N) is 2. The first-order chi connectivity index (χ1) is 14.9. The van der Waals surface area contributed by atoms with Crippen molar-refractivity contribution in [2.24, 2.45) is 0 Å². The highest BCUT2D eigenvalue weighted by Gasteiger charge is 2.11. The summed E-state index contributed by atoms with van der Waals surface area (Å²) in [6.07, 6.45) is 0. The normalized spacial score (nSPS) is 11.0. The van der Waals surface area contributed by atoms with E-state index in [4.69, 9.17) is 24.4 Å². The lowest BCUT2D eigenvalue weighted by molar-refractivity contribution is 0.643. The van der Waals surface area contributed by atoms with Gasteiger partial charge in [0.25, 0.3) is 0 Å². The summed E-state index contributed by atoms with van der Waals surface area (Å²) in [4.78, 5) is 3.74. The minimum absolute atomic E-state index is 0.795. The summed E-state index contributed by atoms with van der Waals surface area (Å²) in [5, 5.41) is 10.9. The van der Waals surface area contributed by atoms with Gasteiger partial charge in [0.1, 0.15) is 8.64 Å². The molecule has 0 fully saturated rings. The maximum Gasteiger partial charge on any atom is 0.142 e. The summed E-state index contributed by atoms with van der Waals surface area (Å²) >= 11 is 11.5. The zero-order chi connectivity index (χ0) is 22.1. The average molecular weight is 461 g/mol. The fraction of sp³-hybridized carbons (Fsp3) is 0.154. The summed E-state index contributed by atoms with van der Waals surface area (Å²) in [6.45, 7) is 0. The van der Waals surface area contributed by atoms with Gasteiger partial charge in [-0.3, -0.25) is 0 Å². The molecule has 5 aromatic carbocycles. The van der Waals surface area contributed by atoms with E-state index in [-0.39, 0.29) is 0 Å². The van der Waals surface area contributed by atoms with E-state index in [9.17, 15) is 0 Å².